The van der Waals surface area contributed by atoms with Crippen molar-refractivity contribution in [1.82, 2.24) is 9.80 Å². The monoisotopic (exact) mass is 784 g/mol. The molecule has 0 saturated heterocycles. The van der Waals surface area contributed by atoms with Crippen LogP contribution in [0.25, 0.3) is 22.3 Å². The number of nitrogens with zero attached hydrogens (tertiary/aromatic N) is 2. The summed E-state index contributed by atoms with van der Waals surface area (Å²) in [5.41, 5.74) is 4.18. The van der Waals surface area contributed by atoms with E-state index in [-0.39, 0.29) is 17.2 Å². The lowest BCUT2D eigenvalue weighted by Gasteiger charge is -2.23. The van der Waals surface area contributed by atoms with Crippen LogP contribution in [0, 0.1) is 0 Å². The topological polar surface area (TPSA) is 35.9 Å². The summed E-state index contributed by atoms with van der Waals surface area (Å²) in [7, 11) is 5.60. The quantitative estimate of drug-likeness (QED) is 0.118. The third kappa shape index (κ3) is 12.4. The minimum atomic E-state index is -4.39. The van der Waals surface area contributed by atoms with E-state index in [0.29, 0.717) is 37.3 Å². The second kappa shape index (κ2) is 19.7. The molecule has 0 fully saturated rings. The Morgan fingerprint density at radius 3 is 1.26 bits per heavy atom. The number of aliphatic hydroxyl groups excluding tert-OH is 1. The van der Waals surface area contributed by atoms with Gasteiger partial charge in [0.05, 0.1) is 23.3 Å². The summed E-state index contributed by atoms with van der Waals surface area (Å²) < 4.78 is 85.1. The van der Waals surface area contributed by atoms with Gasteiger partial charge in [-0.15, -0.1) is 0 Å². The minimum absolute atomic E-state index is 0.0425. The van der Waals surface area contributed by atoms with Gasteiger partial charge < -0.3 is 9.84 Å². The molecule has 6 aromatic rings. The Bertz CT molecular complexity index is 2110. The van der Waals surface area contributed by atoms with Crippen molar-refractivity contribution < 1.29 is 36.2 Å². The second-order valence-electron chi connectivity index (χ2n) is 13.9. The fraction of sp³-hybridized carbons (Fsp3) is 0.234. The zero-order valence-electron chi connectivity index (χ0n) is 32.0. The number of halogens is 6. The average Bonchev–Trinajstić information content (AvgIpc) is 3.21. The van der Waals surface area contributed by atoms with E-state index in [9.17, 15) is 31.4 Å². The van der Waals surface area contributed by atoms with Crippen molar-refractivity contribution in [3.8, 4) is 22.3 Å². The Hall–Kier alpha value is -5.26. The molecule has 10 heteroatoms. The van der Waals surface area contributed by atoms with Crippen molar-refractivity contribution >= 4 is 0 Å². The standard InChI is InChI=1S/C24H24F3NO.C23H22F3NO/c1-28(17-23(29-2)20-8-4-3-5-9-20)16-18-12-14-19(15-13-18)21-10-6-7-11-22(21)24(25,26)27;1-27(16-22(28)19-7-3-2-4-8-19)15-17-11-13-18(14-12-17)20-9-5-6-10-21(20)23(24,25)26/h3-15,23H,16-17H2,1-2H3;2-14,22,28H,15-16H2,1H3. The Labute approximate surface area is 330 Å². The van der Waals surface area contributed by atoms with Gasteiger partial charge in [0.1, 0.15) is 0 Å². The van der Waals surface area contributed by atoms with E-state index in [1.54, 1.807) is 43.5 Å². The molecule has 4 nitrogen and oxygen atoms in total. The number of hydrogen-bond donors (Lipinski definition) is 1. The molecule has 0 spiro atoms. The normalized spacial score (nSPS) is 12.9. The Morgan fingerprint density at radius 1 is 0.491 bits per heavy atom. The molecule has 298 valence electrons. The molecule has 6 aromatic carbocycles. The van der Waals surface area contributed by atoms with Crippen LogP contribution in [0.1, 0.15) is 45.6 Å². The Kier molecular flexibility index (Phi) is 14.9. The van der Waals surface area contributed by atoms with Gasteiger partial charge in [-0.1, -0.05) is 146 Å². The maximum Gasteiger partial charge on any atom is 0.417 e. The molecule has 0 heterocycles. The van der Waals surface area contributed by atoms with Crippen LogP contribution >= 0.6 is 0 Å². The van der Waals surface area contributed by atoms with E-state index in [1.807, 2.05) is 104 Å². The summed E-state index contributed by atoms with van der Waals surface area (Å²) in [6.45, 7) is 2.43. The van der Waals surface area contributed by atoms with E-state index < -0.39 is 29.6 Å². The smallest absolute Gasteiger partial charge is 0.387 e. The summed E-state index contributed by atoms with van der Waals surface area (Å²) in [4.78, 5) is 4.12. The summed E-state index contributed by atoms with van der Waals surface area (Å²) in [5.74, 6) is 0. The SMILES string of the molecule is CN(Cc1ccc(-c2ccccc2C(F)(F)F)cc1)CC(O)c1ccccc1.COC(CN(C)Cc1ccc(-c2ccccc2C(F)(F)F)cc1)c1ccccc1. The molecule has 0 aliphatic rings. The maximum absolute atomic E-state index is 13.3. The molecule has 57 heavy (non-hydrogen) atoms. The summed E-state index contributed by atoms with van der Waals surface area (Å²) >= 11 is 0. The molecule has 0 bridgehead atoms. The molecule has 2 atom stereocenters. The van der Waals surface area contributed by atoms with E-state index in [4.69, 9.17) is 4.74 Å². The number of likely N-dealkylation sites (N-methyl/N-ethyl adjacent to an activating group) is 2. The van der Waals surface area contributed by atoms with Crippen molar-refractivity contribution in [2.24, 2.45) is 0 Å². The van der Waals surface area contributed by atoms with E-state index in [2.05, 4.69) is 4.90 Å². The van der Waals surface area contributed by atoms with Gasteiger partial charge in [-0.2, -0.15) is 26.3 Å². The molecule has 1 N–H and O–H groups in total. The first kappa shape index (κ1) is 42.9. The molecular formula is C47H46F6N2O2. The fourth-order valence-corrected chi connectivity index (χ4v) is 6.64. The first-order valence-corrected chi connectivity index (χ1v) is 18.4. The minimum Gasteiger partial charge on any atom is -0.387 e. The first-order valence-electron chi connectivity index (χ1n) is 18.4. The van der Waals surface area contributed by atoms with Crippen LogP contribution in [0.4, 0.5) is 26.3 Å². The van der Waals surface area contributed by atoms with Crippen molar-refractivity contribution in [3.63, 3.8) is 0 Å². The van der Waals surface area contributed by atoms with Crippen LogP contribution in [0.5, 0.6) is 0 Å². The molecular weight excluding hydrogens is 739 g/mol. The van der Waals surface area contributed by atoms with Crippen molar-refractivity contribution in [1.29, 1.82) is 0 Å². The van der Waals surface area contributed by atoms with Crippen LogP contribution in [-0.4, -0.2) is 49.2 Å². The van der Waals surface area contributed by atoms with Crippen LogP contribution in [0.2, 0.25) is 0 Å². The Balaban J connectivity index is 0.000000218. The number of aliphatic hydroxyl groups is 1. The molecule has 0 aliphatic heterocycles. The van der Waals surface area contributed by atoms with Crippen LogP contribution in [0.3, 0.4) is 0 Å². The van der Waals surface area contributed by atoms with Crippen LogP contribution < -0.4 is 0 Å². The molecule has 2 unspecified atom stereocenters. The van der Waals surface area contributed by atoms with Gasteiger partial charge in [0.2, 0.25) is 0 Å². The number of hydrogen-bond acceptors (Lipinski definition) is 4. The molecule has 0 radical (unpaired) electrons. The van der Waals surface area contributed by atoms with Gasteiger partial charge in [0, 0.05) is 33.3 Å². The van der Waals surface area contributed by atoms with Gasteiger partial charge >= 0.3 is 12.4 Å². The third-order valence-electron chi connectivity index (χ3n) is 9.50. The van der Waals surface area contributed by atoms with Gasteiger partial charge in [-0.3, -0.25) is 9.80 Å². The highest BCUT2D eigenvalue weighted by atomic mass is 19.4. The molecule has 0 amide bonds. The number of alkyl halides is 6. The van der Waals surface area contributed by atoms with Crippen molar-refractivity contribution in [2.75, 3.05) is 34.3 Å². The number of rotatable bonds is 13. The predicted molar refractivity (Wildman–Crippen MR) is 214 cm³/mol. The maximum atomic E-state index is 13.3. The molecule has 6 rings (SSSR count). The Morgan fingerprint density at radius 2 is 0.860 bits per heavy atom. The van der Waals surface area contributed by atoms with Gasteiger partial charge in [-0.05, 0) is 70.7 Å². The molecule has 0 aliphatic carbocycles. The van der Waals surface area contributed by atoms with Gasteiger partial charge in [0.15, 0.2) is 0 Å². The van der Waals surface area contributed by atoms with Crippen molar-refractivity contribution in [2.45, 2.75) is 37.7 Å². The van der Waals surface area contributed by atoms with Gasteiger partial charge in [0.25, 0.3) is 0 Å². The lowest BCUT2D eigenvalue weighted by Crippen LogP contribution is -2.25. The van der Waals surface area contributed by atoms with Crippen molar-refractivity contribution in [3.05, 3.63) is 191 Å². The largest absolute Gasteiger partial charge is 0.417 e. The molecule has 0 saturated carbocycles. The number of benzene rings is 6. The lowest BCUT2D eigenvalue weighted by atomic mass is 9.98. The predicted octanol–water partition coefficient (Wildman–Crippen LogP) is 11.7. The summed E-state index contributed by atoms with van der Waals surface area (Å²) in [5, 5.41) is 10.3. The van der Waals surface area contributed by atoms with Crippen LogP contribution in [0.15, 0.2) is 158 Å². The zero-order valence-corrected chi connectivity index (χ0v) is 32.0. The highest BCUT2D eigenvalue weighted by molar-refractivity contribution is 5.69. The van der Waals surface area contributed by atoms with Crippen LogP contribution in [-0.2, 0) is 30.2 Å². The lowest BCUT2D eigenvalue weighted by molar-refractivity contribution is -0.137. The second-order valence-corrected chi connectivity index (χ2v) is 13.9. The molecule has 0 aromatic heterocycles. The average molecular weight is 785 g/mol. The zero-order chi connectivity index (χ0) is 41.0. The van der Waals surface area contributed by atoms with Gasteiger partial charge in [-0.25, -0.2) is 0 Å². The summed E-state index contributed by atoms with van der Waals surface area (Å²) in [6.07, 6.45) is -9.39. The first-order chi connectivity index (χ1) is 27.2. The number of methoxy groups -OCH3 is 1. The third-order valence-corrected chi connectivity index (χ3v) is 9.50. The van der Waals surface area contributed by atoms with E-state index in [1.165, 1.54) is 24.3 Å². The fourth-order valence-electron chi connectivity index (χ4n) is 6.64. The number of ether oxygens (including phenoxy) is 1. The highest BCUT2D eigenvalue weighted by Gasteiger charge is 2.34. The van der Waals surface area contributed by atoms with E-state index in [0.717, 1.165) is 34.4 Å². The highest BCUT2D eigenvalue weighted by Crippen LogP contribution is 2.38. The summed E-state index contributed by atoms with van der Waals surface area (Å²) in [6, 6.07) is 45.0. The van der Waals surface area contributed by atoms with E-state index >= 15 is 0 Å².